The Morgan fingerprint density at radius 3 is 2.67 bits per heavy atom. The van der Waals surface area contributed by atoms with Gasteiger partial charge in [0.1, 0.15) is 4.88 Å². The number of anilines is 1. The van der Waals surface area contributed by atoms with Crippen LogP contribution in [-0.2, 0) is 0 Å². The Bertz CT molecular complexity index is 695. The summed E-state index contributed by atoms with van der Waals surface area (Å²) in [6.45, 7) is 12.3. The molecule has 2 rings (SSSR count). The Hall–Kier alpha value is -1.81. The summed E-state index contributed by atoms with van der Waals surface area (Å²) in [7, 11) is 0. The number of nitrogens with zero attached hydrogens (tertiary/aromatic N) is 1. The van der Waals surface area contributed by atoms with E-state index in [0.29, 0.717) is 17.1 Å². The number of rotatable bonds is 3. The number of nitrogen functional groups attached to an aromatic ring is 1. The van der Waals surface area contributed by atoms with E-state index in [1.165, 1.54) is 16.9 Å². The number of amides is 1. The van der Waals surface area contributed by atoms with E-state index in [1.54, 1.807) is 11.0 Å². The summed E-state index contributed by atoms with van der Waals surface area (Å²) in [6.07, 6.45) is 1.75. The minimum atomic E-state index is -0.274. The fourth-order valence-electron chi connectivity index (χ4n) is 2.30. The number of fused-ring (bicyclic) bond motifs is 1. The fraction of sp³-hybridized carbons (Fsp3) is 0.353. The summed E-state index contributed by atoms with van der Waals surface area (Å²) in [5, 5.41) is 0.960. The van der Waals surface area contributed by atoms with Crippen LogP contribution >= 0.6 is 11.3 Å². The third-order valence-corrected chi connectivity index (χ3v) is 4.60. The van der Waals surface area contributed by atoms with Crippen molar-refractivity contribution < 1.29 is 4.79 Å². The molecule has 0 aliphatic heterocycles. The van der Waals surface area contributed by atoms with Crippen LogP contribution in [0.1, 0.15) is 36.0 Å². The van der Waals surface area contributed by atoms with Gasteiger partial charge in [-0.3, -0.25) is 4.79 Å². The molecule has 0 atom stereocenters. The van der Waals surface area contributed by atoms with Gasteiger partial charge in [0.25, 0.3) is 5.91 Å². The molecule has 0 saturated heterocycles. The molecule has 3 nitrogen and oxygen atoms in total. The molecule has 0 spiro atoms. The molecule has 0 aliphatic rings. The van der Waals surface area contributed by atoms with Gasteiger partial charge in [0.15, 0.2) is 0 Å². The smallest absolute Gasteiger partial charge is 0.266 e. The lowest BCUT2D eigenvalue weighted by Gasteiger charge is -2.34. The highest BCUT2D eigenvalue weighted by molar-refractivity contribution is 7.21. The first-order valence-corrected chi connectivity index (χ1v) is 7.79. The molecule has 1 heterocycles. The highest BCUT2D eigenvalue weighted by atomic mass is 32.1. The molecule has 2 aromatic rings. The van der Waals surface area contributed by atoms with Gasteiger partial charge < -0.3 is 10.6 Å². The average molecular weight is 302 g/mol. The second-order valence-corrected chi connectivity index (χ2v) is 7.27. The van der Waals surface area contributed by atoms with E-state index < -0.39 is 0 Å². The summed E-state index contributed by atoms with van der Waals surface area (Å²) < 4.78 is 1.06. The Morgan fingerprint density at radius 1 is 1.43 bits per heavy atom. The maximum absolute atomic E-state index is 12.9. The topological polar surface area (TPSA) is 46.3 Å². The summed E-state index contributed by atoms with van der Waals surface area (Å²) in [4.78, 5) is 15.3. The maximum atomic E-state index is 12.9. The first-order chi connectivity index (χ1) is 9.75. The molecule has 2 N–H and O–H groups in total. The molecule has 0 saturated carbocycles. The molecule has 1 aromatic heterocycles. The SMILES string of the molecule is C=CCN(C(=O)c1sc2cc(C)ccc2c1N)C(C)(C)C. The van der Waals surface area contributed by atoms with E-state index in [9.17, 15) is 4.79 Å². The normalized spacial score (nSPS) is 11.6. The van der Waals surface area contributed by atoms with Crippen LogP contribution in [0.5, 0.6) is 0 Å². The summed E-state index contributed by atoms with van der Waals surface area (Å²) in [5.74, 6) is -0.0289. The number of thiophene rings is 1. The lowest BCUT2D eigenvalue weighted by Crippen LogP contribution is -2.45. The first-order valence-electron chi connectivity index (χ1n) is 6.97. The average Bonchev–Trinajstić information content (AvgIpc) is 2.70. The minimum Gasteiger partial charge on any atom is -0.397 e. The molecule has 0 aliphatic carbocycles. The quantitative estimate of drug-likeness (QED) is 0.863. The number of benzene rings is 1. The Balaban J connectivity index is 2.52. The van der Waals surface area contributed by atoms with Crippen molar-refractivity contribution in [3.63, 3.8) is 0 Å². The molecule has 4 heteroatoms. The van der Waals surface area contributed by atoms with Gasteiger partial charge in [-0.1, -0.05) is 18.2 Å². The summed E-state index contributed by atoms with van der Waals surface area (Å²) >= 11 is 1.47. The number of carbonyl (C=O) groups excluding carboxylic acids is 1. The van der Waals surface area contributed by atoms with Gasteiger partial charge in [-0.05, 0) is 39.3 Å². The van der Waals surface area contributed by atoms with Crippen LogP contribution in [0.25, 0.3) is 10.1 Å². The van der Waals surface area contributed by atoms with Crippen LogP contribution in [-0.4, -0.2) is 22.9 Å². The van der Waals surface area contributed by atoms with Gasteiger partial charge in [-0.2, -0.15) is 0 Å². The molecule has 112 valence electrons. The monoisotopic (exact) mass is 302 g/mol. The van der Waals surface area contributed by atoms with Crippen LogP contribution in [0.4, 0.5) is 5.69 Å². The minimum absolute atomic E-state index is 0.0289. The number of carbonyl (C=O) groups is 1. The van der Waals surface area contributed by atoms with E-state index in [1.807, 2.05) is 39.8 Å². The number of nitrogens with two attached hydrogens (primary N) is 1. The van der Waals surface area contributed by atoms with Gasteiger partial charge in [-0.25, -0.2) is 0 Å². The standard InChI is InChI=1S/C17H22N2OS/c1-6-9-19(17(3,4)5)16(20)15-14(18)12-8-7-11(2)10-13(12)21-15/h6-8,10H,1,9,18H2,2-5H3. The fourth-order valence-corrected chi connectivity index (χ4v) is 3.47. The molecule has 1 aromatic carbocycles. The van der Waals surface area contributed by atoms with Crippen molar-refractivity contribution in [1.82, 2.24) is 4.90 Å². The second-order valence-electron chi connectivity index (χ2n) is 6.22. The van der Waals surface area contributed by atoms with Crippen molar-refractivity contribution in [2.75, 3.05) is 12.3 Å². The lowest BCUT2D eigenvalue weighted by atomic mass is 10.1. The van der Waals surface area contributed by atoms with Crippen molar-refractivity contribution in [3.8, 4) is 0 Å². The van der Waals surface area contributed by atoms with Gasteiger partial charge in [-0.15, -0.1) is 17.9 Å². The molecule has 0 radical (unpaired) electrons. The Morgan fingerprint density at radius 2 is 2.10 bits per heavy atom. The van der Waals surface area contributed by atoms with E-state index in [-0.39, 0.29) is 11.4 Å². The van der Waals surface area contributed by atoms with Crippen LogP contribution in [0.3, 0.4) is 0 Å². The van der Waals surface area contributed by atoms with Gasteiger partial charge in [0.2, 0.25) is 0 Å². The van der Waals surface area contributed by atoms with E-state index >= 15 is 0 Å². The summed E-state index contributed by atoms with van der Waals surface area (Å²) in [6, 6.07) is 6.08. The number of aryl methyl sites for hydroxylation is 1. The van der Waals surface area contributed by atoms with Gasteiger partial charge >= 0.3 is 0 Å². The van der Waals surface area contributed by atoms with Crippen LogP contribution in [0, 0.1) is 6.92 Å². The van der Waals surface area contributed by atoms with E-state index in [4.69, 9.17) is 5.73 Å². The molecule has 0 bridgehead atoms. The lowest BCUT2D eigenvalue weighted by molar-refractivity contribution is 0.0623. The molecule has 0 unspecified atom stereocenters. The zero-order chi connectivity index (χ0) is 15.8. The summed E-state index contributed by atoms with van der Waals surface area (Å²) in [5.41, 5.74) is 7.68. The zero-order valence-electron chi connectivity index (χ0n) is 13.1. The molecule has 0 fully saturated rings. The van der Waals surface area contributed by atoms with Gasteiger partial charge in [0, 0.05) is 22.2 Å². The van der Waals surface area contributed by atoms with Gasteiger partial charge in [0.05, 0.1) is 5.69 Å². The Kier molecular flexibility index (Phi) is 4.10. The number of hydrogen-bond acceptors (Lipinski definition) is 3. The van der Waals surface area contributed by atoms with Crippen LogP contribution in [0.15, 0.2) is 30.9 Å². The van der Waals surface area contributed by atoms with E-state index in [2.05, 4.69) is 12.6 Å². The highest BCUT2D eigenvalue weighted by Gasteiger charge is 2.29. The van der Waals surface area contributed by atoms with Crippen LogP contribution in [0.2, 0.25) is 0 Å². The van der Waals surface area contributed by atoms with Crippen molar-refractivity contribution in [2.24, 2.45) is 0 Å². The van der Waals surface area contributed by atoms with Crippen molar-refractivity contribution >= 4 is 33.0 Å². The molecular formula is C17H22N2OS. The maximum Gasteiger partial charge on any atom is 0.266 e. The largest absolute Gasteiger partial charge is 0.397 e. The third-order valence-electron chi connectivity index (χ3n) is 3.44. The van der Waals surface area contributed by atoms with Crippen molar-refractivity contribution in [2.45, 2.75) is 33.2 Å². The predicted octanol–water partition coefficient (Wildman–Crippen LogP) is 4.22. The first kappa shape index (κ1) is 15.6. The third kappa shape index (κ3) is 2.95. The highest BCUT2D eigenvalue weighted by Crippen LogP contribution is 2.35. The zero-order valence-corrected chi connectivity index (χ0v) is 13.9. The second kappa shape index (κ2) is 5.53. The Labute approximate surface area is 130 Å². The van der Waals surface area contributed by atoms with Crippen molar-refractivity contribution in [3.05, 3.63) is 41.3 Å². The number of hydrogen-bond donors (Lipinski definition) is 1. The van der Waals surface area contributed by atoms with E-state index in [0.717, 1.165) is 10.1 Å². The van der Waals surface area contributed by atoms with Crippen LogP contribution < -0.4 is 5.73 Å². The molecule has 21 heavy (non-hydrogen) atoms. The molecule has 1 amide bonds. The molecular weight excluding hydrogens is 280 g/mol. The van der Waals surface area contributed by atoms with Crippen molar-refractivity contribution in [1.29, 1.82) is 0 Å². The predicted molar refractivity (Wildman–Crippen MR) is 92.0 cm³/mol.